The minimum atomic E-state index is -0.511. The Balaban J connectivity index is 1.39. The fraction of sp³-hybridized carbons (Fsp3) is 0.231. The number of amides is 3. The van der Waals surface area contributed by atoms with Gasteiger partial charge in [0.2, 0.25) is 5.91 Å². The van der Waals surface area contributed by atoms with Crippen molar-refractivity contribution in [3.05, 3.63) is 89.2 Å². The van der Waals surface area contributed by atoms with E-state index in [0.717, 1.165) is 23.1 Å². The number of halogens is 1. The highest BCUT2D eigenvalue weighted by Gasteiger charge is 2.22. The number of ether oxygens (including phenoxy) is 1. The van der Waals surface area contributed by atoms with Gasteiger partial charge in [-0.15, -0.1) is 0 Å². The van der Waals surface area contributed by atoms with E-state index >= 15 is 0 Å². The van der Waals surface area contributed by atoms with Gasteiger partial charge >= 0.3 is 6.03 Å². The monoisotopic (exact) mass is 447 g/mol. The average molecular weight is 448 g/mol. The van der Waals surface area contributed by atoms with Crippen LogP contribution in [-0.4, -0.2) is 25.0 Å². The number of benzene rings is 3. The smallest absolute Gasteiger partial charge is 0.321 e. The molecule has 0 aromatic heterocycles. The zero-order chi connectivity index (χ0) is 23.2. The number of anilines is 2. The molecule has 0 atom stereocenters. The van der Waals surface area contributed by atoms with Crippen molar-refractivity contribution >= 4 is 23.3 Å². The SMILES string of the molecule is Cc1ccccc1COc1cccc(CC(=O)Nc2ccc(F)c(N3CCCNC3=O)c2)c1. The number of carbonyl (C=O) groups excluding carboxylic acids is 2. The first kappa shape index (κ1) is 22.3. The van der Waals surface area contributed by atoms with Crippen molar-refractivity contribution in [1.82, 2.24) is 5.32 Å². The van der Waals surface area contributed by atoms with E-state index in [2.05, 4.69) is 10.6 Å². The van der Waals surface area contributed by atoms with E-state index in [1.165, 1.54) is 23.1 Å². The second-order valence-electron chi connectivity index (χ2n) is 7.99. The van der Waals surface area contributed by atoms with E-state index in [1.54, 1.807) is 0 Å². The van der Waals surface area contributed by atoms with Gasteiger partial charge < -0.3 is 15.4 Å². The van der Waals surface area contributed by atoms with Crippen LogP contribution in [0.4, 0.5) is 20.6 Å². The lowest BCUT2D eigenvalue weighted by Gasteiger charge is -2.28. The van der Waals surface area contributed by atoms with Crippen molar-refractivity contribution in [1.29, 1.82) is 0 Å². The van der Waals surface area contributed by atoms with Crippen molar-refractivity contribution in [2.75, 3.05) is 23.3 Å². The third-order valence-electron chi connectivity index (χ3n) is 5.52. The molecule has 170 valence electrons. The molecule has 3 amide bonds. The van der Waals surface area contributed by atoms with Crippen molar-refractivity contribution in [3.63, 3.8) is 0 Å². The van der Waals surface area contributed by atoms with Crippen molar-refractivity contribution < 1.29 is 18.7 Å². The zero-order valence-electron chi connectivity index (χ0n) is 18.4. The summed E-state index contributed by atoms with van der Waals surface area (Å²) < 4.78 is 20.2. The molecule has 0 saturated carbocycles. The normalized spacial score (nSPS) is 13.4. The van der Waals surface area contributed by atoms with E-state index in [9.17, 15) is 14.0 Å². The third kappa shape index (κ3) is 5.68. The molecular weight excluding hydrogens is 421 g/mol. The van der Waals surface area contributed by atoms with Crippen molar-refractivity contribution in [2.24, 2.45) is 0 Å². The van der Waals surface area contributed by atoms with Crippen LogP contribution >= 0.6 is 0 Å². The highest BCUT2D eigenvalue weighted by molar-refractivity contribution is 5.96. The Morgan fingerprint density at radius 2 is 1.97 bits per heavy atom. The minimum absolute atomic E-state index is 0.137. The molecule has 1 fully saturated rings. The zero-order valence-corrected chi connectivity index (χ0v) is 18.4. The molecule has 1 aliphatic heterocycles. The maximum atomic E-state index is 14.3. The molecule has 2 N–H and O–H groups in total. The molecule has 1 aliphatic rings. The van der Waals surface area contributed by atoms with Crippen molar-refractivity contribution in [3.8, 4) is 5.75 Å². The maximum absolute atomic E-state index is 14.3. The first-order chi connectivity index (χ1) is 16.0. The maximum Gasteiger partial charge on any atom is 0.321 e. The molecule has 3 aromatic rings. The predicted octanol–water partition coefficient (Wildman–Crippen LogP) is 4.81. The molecule has 0 radical (unpaired) electrons. The van der Waals surface area contributed by atoms with Crippen molar-refractivity contribution in [2.45, 2.75) is 26.4 Å². The standard InChI is InChI=1S/C26H26FN3O3/c1-18-6-2-3-8-20(18)17-33-22-9-4-7-19(14-22)15-25(31)29-21-10-11-23(27)24(16-21)30-13-5-12-28-26(30)32/h2-4,6-11,14,16H,5,12-13,15,17H2,1H3,(H,28,32)(H,29,31). The minimum Gasteiger partial charge on any atom is -0.489 e. The van der Waals surface area contributed by atoms with Crippen LogP contribution in [0.2, 0.25) is 0 Å². The Hall–Kier alpha value is -3.87. The number of hydrogen-bond acceptors (Lipinski definition) is 3. The molecule has 0 spiro atoms. The Morgan fingerprint density at radius 1 is 1.12 bits per heavy atom. The molecule has 1 heterocycles. The lowest BCUT2D eigenvalue weighted by Crippen LogP contribution is -2.46. The van der Waals surface area contributed by atoms with Crippen LogP contribution in [0.15, 0.2) is 66.7 Å². The number of nitrogens with one attached hydrogen (secondary N) is 2. The molecule has 4 rings (SSSR count). The highest BCUT2D eigenvalue weighted by atomic mass is 19.1. The number of rotatable bonds is 7. The first-order valence-corrected chi connectivity index (χ1v) is 10.9. The topological polar surface area (TPSA) is 70.7 Å². The van der Waals surface area contributed by atoms with E-state index in [-0.39, 0.29) is 24.0 Å². The van der Waals surface area contributed by atoms with Crippen LogP contribution < -0.4 is 20.3 Å². The summed E-state index contributed by atoms with van der Waals surface area (Å²) in [5.74, 6) is -0.0704. The van der Waals surface area contributed by atoms with E-state index in [4.69, 9.17) is 4.74 Å². The molecule has 33 heavy (non-hydrogen) atoms. The summed E-state index contributed by atoms with van der Waals surface area (Å²) in [5, 5.41) is 5.49. The fourth-order valence-electron chi connectivity index (χ4n) is 3.73. The summed E-state index contributed by atoms with van der Waals surface area (Å²) in [6.07, 6.45) is 0.864. The predicted molar refractivity (Wildman–Crippen MR) is 126 cm³/mol. The molecule has 0 bridgehead atoms. The van der Waals surface area contributed by atoms with Gasteiger partial charge in [0.05, 0.1) is 12.1 Å². The van der Waals surface area contributed by atoms with Crippen LogP contribution in [-0.2, 0) is 17.8 Å². The summed E-state index contributed by atoms with van der Waals surface area (Å²) in [4.78, 5) is 26.0. The van der Waals surface area contributed by atoms with Gasteiger partial charge in [0.15, 0.2) is 0 Å². The summed E-state index contributed by atoms with van der Waals surface area (Å²) in [7, 11) is 0. The first-order valence-electron chi connectivity index (χ1n) is 10.9. The quantitative estimate of drug-likeness (QED) is 0.546. The number of urea groups is 1. The molecule has 1 saturated heterocycles. The Kier molecular flexibility index (Phi) is 6.88. The largest absolute Gasteiger partial charge is 0.489 e. The lowest BCUT2D eigenvalue weighted by atomic mass is 10.1. The molecule has 6 nitrogen and oxygen atoms in total. The van der Waals surface area contributed by atoms with Gasteiger partial charge in [-0.25, -0.2) is 9.18 Å². The van der Waals surface area contributed by atoms with Gasteiger partial charge in [0.1, 0.15) is 18.2 Å². The summed E-state index contributed by atoms with van der Waals surface area (Å²) in [5.41, 5.74) is 3.65. The van der Waals surface area contributed by atoms with Gasteiger partial charge in [-0.1, -0.05) is 36.4 Å². The fourth-order valence-corrected chi connectivity index (χ4v) is 3.73. The van der Waals surface area contributed by atoms with Gasteiger partial charge in [0, 0.05) is 18.8 Å². The van der Waals surface area contributed by atoms with E-state index in [0.29, 0.717) is 31.1 Å². The van der Waals surface area contributed by atoms with Gasteiger partial charge in [0.25, 0.3) is 0 Å². The van der Waals surface area contributed by atoms with E-state index in [1.807, 2.05) is 55.5 Å². The third-order valence-corrected chi connectivity index (χ3v) is 5.52. The van der Waals surface area contributed by atoms with Gasteiger partial charge in [-0.3, -0.25) is 9.69 Å². The number of hydrogen-bond donors (Lipinski definition) is 2. The van der Waals surface area contributed by atoms with E-state index < -0.39 is 5.82 Å². The number of aryl methyl sites for hydroxylation is 1. The van der Waals surface area contributed by atoms with Crippen LogP contribution in [0, 0.1) is 12.7 Å². The summed E-state index contributed by atoms with van der Waals surface area (Å²) in [6.45, 7) is 3.49. The molecule has 3 aromatic carbocycles. The van der Waals surface area contributed by atoms with Gasteiger partial charge in [-0.2, -0.15) is 0 Å². The molecular formula is C26H26FN3O3. The Morgan fingerprint density at radius 3 is 2.79 bits per heavy atom. The summed E-state index contributed by atoms with van der Waals surface area (Å²) in [6, 6.07) is 19.3. The average Bonchev–Trinajstić information content (AvgIpc) is 2.80. The van der Waals surface area contributed by atoms with Gasteiger partial charge in [-0.05, 0) is 60.4 Å². The molecule has 0 unspecified atom stereocenters. The van der Waals surface area contributed by atoms with Crippen LogP contribution in [0.25, 0.3) is 0 Å². The number of carbonyl (C=O) groups is 2. The van der Waals surface area contributed by atoms with Crippen LogP contribution in [0.3, 0.4) is 0 Å². The molecule has 0 aliphatic carbocycles. The number of nitrogens with zero attached hydrogens (tertiary/aromatic N) is 1. The molecule has 7 heteroatoms. The van der Waals surface area contributed by atoms with Crippen LogP contribution in [0.1, 0.15) is 23.1 Å². The lowest BCUT2D eigenvalue weighted by molar-refractivity contribution is -0.115. The Labute approximate surface area is 192 Å². The highest BCUT2D eigenvalue weighted by Crippen LogP contribution is 2.25. The summed E-state index contributed by atoms with van der Waals surface area (Å²) >= 11 is 0. The second-order valence-corrected chi connectivity index (χ2v) is 7.99. The Bertz CT molecular complexity index is 1170. The van der Waals surface area contributed by atoms with Crippen LogP contribution in [0.5, 0.6) is 5.75 Å². The second kappa shape index (κ2) is 10.2.